The largest absolute Gasteiger partial charge is 0.444 e. The fourth-order valence-corrected chi connectivity index (χ4v) is 2.05. The topological polar surface area (TPSA) is 71.2 Å². The van der Waals surface area contributed by atoms with Gasteiger partial charge in [0.2, 0.25) is 0 Å². The summed E-state index contributed by atoms with van der Waals surface area (Å²) in [7, 11) is 0. The summed E-state index contributed by atoms with van der Waals surface area (Å²) in [5, 5.41) is 12.9. The molecule has 0 N–H and O–H groups in total. The minimum atomic E-state index is -0.477. The Morgan fingerprint density at radius 3 is 2.89 bits per heavy atom. The molecule has 1 unspecified atom stereocenters. The number of amides is 1. The first-order chi connectivity index (χ1) is 8.89. The van der Waals surface area contributed by atoms with Crippen molar-refractivity contribution < 1.29 is 9.53 Å². The minimum Gasteiger partial charge on any atom is -0.444 e. The van der Waals surface area contributed by atoms with Gasteiger partial charge in [-0.1, -0.05) is 0 Å². The average molecular weight is 262 g/mol. The van der Waals surface area contributed by atoms with Crippen LogP contribution in [-0.4, -0.2) is 39.5 Å². The molecule has 1 aromatic heterocycles. The van der Waals surface area contributed by atoms with E-state index in [-0.39, 0.29) is 12.1 Å². The van der Waals surface area contributed by atoms with Gasteiger partial charge in [-0.3, -0.25) is 4.68 Å². The van der Waals surface area contributed by atoms with Crippen LogP contribution in [-0.2, 0) is 4.74 Å². The van der Waals surface area contributed by atoms with E-state index in [2.05, 4.69) is 5.10 Å². The molecular weight excluding hydrogens is 244 g/mol. The number of ether oxygens (including phenoxy) is 1. The molecular formula is C13H18N4O2. The number of carbonyl (C=O) groups excluding carboxylic acids is 1. The number of aromatic nitrogens is 2. The molecule has 1 atom stereocenters. The molecule has 0 saturated carbocycles. The van der Waals surface area contributed by atoms with Gasteiger partial charge in [0.15, 0.2) is 0 Å². The normalized spacial score (nSPS) is 19.3. The van der Waals surface area contributed by atoms with Crippen LogP contribution in [0.15, 0.2) is 12.4 Å². The van der Waals surface area contributed by atoms with Gasteiger partial charge in [0, 0.05) is 19.3 Å². The minimum absolute atomic E-state index is 0.120. The van der Waals surface area contributed by atoms with Gasteiger partial charge in [-0.05, 0) is 27.2 Å². The van der Waals surface area contributed by atoms with Gasteiger partial charge in [-0.25, -0.2) is 4.79 Å². The number of carbonyl (C=O) groups is 1. The Kier molecular flexibility index (Phi) is 3.47. The molecule has 0 aliphatic carbocycles. The van der Waals surface area contributed by atoms with Crippen molar-refractivity contribution in [2.75, 3.05) is 13.1 Å². The van der Waals surface area contributed by atoms with E-state index in [1.165, 1.54) is 6.20 Å². The quantitative estimate of drug-likeness (QED) is 0.775. The van der Waals surface area contributed by atoms with Crippen molar-refractivity contribution in [3.05, 3.63) is 18.0 Å². The predicted octanol–water partition coefficient (Wildman–Crippen LogP) is 1.94. The zero-order chi connectivity index (χ0) is 14.0. The Balaban J connectivity index is 1.96. The fourth-order valence-electron chi connectivity index (χ4n) is 2.05. The van der Waals surface area contributed by atoms with Crippen LogP contribution in [0, 0.1) is 11.3 Å². The van der Waals surface area contributed by atoms with Gasteiger partial charge in [-0.2, -0.15) is 10.4 Å². The zero-order valence-electron chi connectivity index (χ0n) is 11.5. The molecule has 1 amide bonds. The summed E-state index contributed by atoms with van der Waals surface area (Å²) in [5.41, 5.74) is 0.0604. The van der Waals surface area contributed by atoms with Crippen LogP contribution < -0.4 is 0 Å². The third kappa shape index (κ3) is 3.25. The number of nitrogens with zero attached hydrogens (tertiary/aromatic N) is 4. The Morgan fingerprint density at radius 2 is 2.32 bits per heavy atom. The molecule has 1 aliphatic heterocycles. The zero-order valence-corrected chi connectivity index (χ0v) is 11.5. The first-order valence-electron chi connectivity index (χ1n) is 6.31. The van der Waals surface area contributed by atoms with Crippen molar-refractivity contribution >= 4 is 6.09 Å². The van der Waals surface area contributed by atoms with Gasteiger partial charge >= 0.3 is 6.09 Å². The molecule has 6 heteroatoms. The Hall–Kier alpha value is -2.03. The second-order valence-corrected chi connectivity index (χ2v) is 5.69. The van der Waals surface area contributed by atoms with E-state index in [4.69, 9.17) is 10.00 Å². The lowest BCUT2D eigenvalue weighted by atomic mass is 10.2. The van der Waals surface area contributed by atoms with E-state index in [0.29, 0.717) is 18.7 Å². The van der Waals surface area contributed by atoms with Crippen molar-refractivity contribution in [1.82, 2.24) is 14.7 Å². The molecule has 1 aliphatic rings. The third-order valence-electron chi connectivity index (χ3n) is 2.92. The van der Waals surface area contributed by atoms with E-state index in [0.717, 1.165) is 6.42 Å². The molecule has 19 heavy (non-hydrogen) atoms. The van der Waals surface area contributed by atoms with Crippen molar-refractivity contribution in [2.24, 2.45) is 0 Å². The maximum Gasteiger partial charge on any atom is 0.410 e. The summed E-state index contributed by atoms with van der Waals surface area (Å²) in [5.74, 6) is 0. The SMILES string of the molecule is CC(C)(C)OC(=O)N1CCC(n2cc(C#N)cn2)C1. The highest BCUT2D eigenvalue weighted by Gasteiger charge is 2.30. The maximum absolute atomic E-state index is 11.9. The Labute approximate surface area is 112 Å². The summed E-state index contributed by atoms with van der Waals surface area (Å²) < 4.78 is 7.09. The van der Waals surface area contributed by atoms with Crippen molar-refractivity contribution in [3.8, 4) is 6.07 Å². The lowest BCUT2D eigenvalue weighted by Gasteiger charge is -2.24. The van der Waals surface area contributed by atoms with Crippen molar-refractivity contribution in [2.45, 2.75) is 38.8 Å². The van der Waals surface area contributed by atoms with Gasteiger partial charge in [0.05, 0.1) is 17.8 Å². The van der Waals surface area contributed by atoms with Gasteiger partial charge in [0.25, 0.3) is 0 Å². The Bertz CT molecular complexity index is 509. The van der Waals surface area contributed by atoms with Crippen LogP contribution in [0.5, 0.6) is 0 Å². The van der Waals surface area contributed by atoms with E-state index in [1.807, 2.05) is 26.8 Å². The van der Waals surface area contributed by atoms with Crippen LogP contribution in [0.25, 0.3) is 0 Å². The molecule has 102 valence electrons. The van der Waals surface area contributed by atoms with E-state index >= 15 is 0 Å². The summed E-state index contributed by atoms with van der Waals surface area (Å²) in [6.07, 6.45) is 3.79. The highest BCUT2D eigenvalue weighted by molar-refractivity contribution is 5.68. The van der Waals surface area contributed by atoms with Gasteiger partial charge < -0.3 is 9.64 Å². The highest BCUT2D eigenvalue weighted by Crippen LogP contribution is 2.23. The number of hydrogen-bond donors (Lipinski definition) is 0. The third-order valence-corrected chi connectivity index (χ3v) is 2.92. The van der Waals surface area contributed by atoms with Crippen LogP contribution in [0.3, 0.4) is 0 Å². The van der Waals surface area contributed by atoms with E-state index in [1.54, 1.807) is 15.8 Å². The molecule has 1 saturated heterocycles. The number of nitriles is 1. The molecule has 0 bridgehead atoms. The fraction of sp³-hybridized carbons (Fsp3) is 0.615. The number of likely N-dealkylation sites (tertiary alicyclic amines) is 1. The van der Waals surface area contributed by atoms with Crippen LogP contribution >= 0.6 is 0 Å². The summed E-state index contributed by atoms with van der Waals surface area (Å²) in [6, 6.07) is 2.17. The maximum atomic E-state index is 11.9. The first-order valence-corrected chi connectivity index (χ1v) is 6.31. The van der Waals surface area contributed by atoms with Crippen molar-refractivity contribution in [1.29, 1.82) is 5.26 Å². The molecule has 2 rings (SSSR count). The van der Waals surface area contributed by atoms with Crippen molar-refractivity contribution in [3.63, 3.8) is 0 Å². The number of rotatable bonds is 1. The molecule has 6 nitrogen and oxygen atoms in total. The Morgan fingerprint density at radius 1 is 1.58 bits per heavy atom. The number of hydrogen-bond acceptors (Lipinski definition) is 4. The highest BCUT2D eigenvalue weighted by atomic mass is 16.6. The lowest BCUT2D eigenvalue weighted by Crippen LogP contribution is -2.35. The van der Waals surface area contributed by atoms with Gasteiger partial charge in [0.1, 0.15) is 11.7 Å². The molecule has 1 aromatic rings. The second-order valence-electron chi connectivity index (χ2n) is 5.69. The van der Waals surface area contributed by atoms with Gasteiger partial charge in [-0.15, -0.1) is 0 Å². The van der Waals surface area contributed by atoms with Crippen LogP contribution in [0.2, 0.25) is 0 Å². The summed E-state index contributed by atoms with van der Waals surface area (Å²) >= 11 is 0. The molecule has 0 spiro atoms. The standard InChI is InChI=1S/C13H18N4O2/c1-13(2,3)19-12(18)16-5-4-11(9-16)17-8-10(6-14)7-15-17/h7-8,11H,4-5,9H2,1-3H3. The lowest BCUT2D eigenvalue weighted by molar-refractivity contribution is 0.0288. The second kappa shape index (κ2) is 4.92. The molecule has 2 heterocycles. The predicted molar refractivity (Wildman–Crippen MR) is 68.4 cm³/mol. The summed E-state index contributed by atoms with van der Waals surface area (Å²) in [6.45, 7) is 6.78. The average Bonchev–Trinajstić information content (AvgIpc) is 2.95. The molecule has 0 aromatic carbocycles. The van der Waals surface area contributed by atoms with Crippen LogP contribution in [0.4, 0.5) is 4.79 Å². The monoisotopic (exact) mass is 262 g/mol. The first kappa shape index (κ1) is 13.4. The molecule has 0 radical (unpaired) electrons. The van der Waals surface area contributed by atoms with E-state index in [9.17, 15) is 4.79 Å². The van der Waals surface area contributed by atoms with Crippen LogP contribution in [0.1, 0.15) is 38.8 Å². The molecule has 1 fully saturated rings. The smallest absolute Gasteiger partial charge is 0.410 e. The summed E-state index contributed by atoms with van der Waals surface area (Å²) in [4.78, 5) is 13.6. The van der Waals surface area contributed by atoms with E-state index < -0.39 is 5.60 Å².